The SMILES string of the molecule is C=CCC1=C(C)C(OC(=O)C(Br)C(C)C)CC1=O. The first-order valence-corrected chi connectivity index (χ1v) is 6.98. The van der Waals surface area contributed by atoms with E-state index in [4.69, 9.17) is 4.74 Å². The molecule has 18 heavy (non-hydrogen) atoms. The Kier molecular flexibility index (Phi) is 5.32. The molecule has 2 unspecified atom stereocenters. The first-order valence-electron chi connectivity index (χ1n) is 6.06. The van der Waals surface area contributed by atoms with Gasteiger partial charge in [0.15, 0.2) is 5.78 Å². The van der Waals surface area contributed by atoms with Crippen LogP contribution >= 0.6 is 15.9 Å². The van der Waals surface area contributed by atoms with Crippen molar-refractivity contribution in [2.24, 2.45) is 5.92 Å². The average Bonchev–Trinajstić information content (AvgIpc) is 2.56. The van der Waals surface area contributed by atoms with E-state index in [1.807, 2.05) is 20.8 Å². The zero-order valence-electron chi connectivity index (χ0n) is 11.0. The van der Waals surface area contributed by atoms with Gasteiger partial charge >= 0.3 is 5.97 Å². The Morgan fingerprint density at radius 3 is 2.72 bits per heavy atom. The van der Waals surface area contributed by atoms with Crippen molar-refractivity contribution >= 4 is 27.7 Å². The minimum absolute atomic E-state index is 0.0564. The van der Waals surface area contributed by atoms with E-state index >= 15 is 0 Å². The first kappa shape index (κ1) is 15.2. The van der Waals surface area contributed by atoms with Crippen molar-refractivity contribution in [2.45, 2.75) is 44.5 Å². The third-order valence-corrected chi connectivity index (χ3v) is 4.51. The molecule has 0 aromatic carbocycles. The quantitative estimate of drug-likeness (QED) is 0.444. The van der Waals surface area contributed by atoms with Crippen molar-refractivity contribution in [1.29, 1.82) is 0 Å². The van der Waals surface area contributed by atoms with Crippen LogP contribution in [0.1, 0.15) is 33.6 Å². The van der Waals surface area contributed by atoms with Gasteiger partial charge in [-0.25, -0.2) is 0 Å². The molecule has 0 aromatic rings. The Hall–Kier alpha value is -0.900. The molecule has 1 aliphatic carbocycles. The van der Waals surface area contributed by atoms with Crippen LogP contribution < -0.4 is 0 Å². The lowest BCUT2D eigenvalue weighted by atomic mass is 10.1. The Labute approximate surface area is 116 Å². The molecule has 0 N–H and O–H groups in total. The summed E-state index contributed by atoms with van der Waals surface area (Å²) in [6.07, 6.45) is 2.10. The molecule has 1 aliphatic rings. The van der Waals surface area contributed by atoms with Crippen LogP contribution in [0.2, 0.25) is 0 Å². The van der Waals surface area contributed by atoms with Gasteiger partial charge in [0, 0.05) is 5.57 Å². The molecule has 3 nitrogen and oxygen atoms in total. The van der Waals surface area contributed by atoms with Gasteiger partial charge in [-0.3, -0.25) is 9.59 Å². The smallest absolute Gasteiger partial charge is 0.320 e. The first-order chi connectivity index (χ1) is 8.38. The minimum Gasteiger partial charge on any atom is -0.456 e. The second-order valence-corrected chi connectivity index (χ2v) is 5.84. The molecular weight excluding hydrogens is 296 g/mol. The minimum atomic E-state index is -0.404. The number of hydrogen-bond donors (Lipinski definition) is 0. The van der Waals surface area contributed by atoms with Gasteiger partial charge in [0.2, 0.25) is 0 Å². The van der Waals surface area contributed by atoms with Gasteiger partial charge in [0.05, 0.1) is 6.42 Å². The van der Waals surface area contributed by atoms with E-state index < -0.39 is 6.10 Å². The molecule has 100 valence electrons. The van der Waals surface area contributed by atoms with Gasteiger partial charge in [-0.2, -0.15) is 0 Å². The standard InChI is InChI=1S/C14H19BrO3/c1-5-6-10-9(4)12(7-11(10)16)18-14(17)13(15)8(2)3/h5,8,12-13H,1,6-7H2,2-4H3. The topological polar surface area (TPSA) is 43.4 Å². The largest absolute Gasteiger partial charge is 0.456 e. The Bertz CT molecular complexity index is 396. The summed E-state index contributed by atoms with van der Waals surface area (Å²) >= 11 is 3.30. The van der Waals surface area contributed by atoms with Crippen LogP contribution in [-0.4, -0.2) is 22.7 Å². The lowest BCUT2D eigenvalue weighted by molar-refractivity contribution is -0.147. The highest BCUT2D eigenvalue weighted by molar-refractivity contribution is 9.10. The molecule has 1 rings (SSSR count). The summed E-state index contributed by atoms with van der Waals surface area (Å²) in [4.78, 5) is 23.3. The zero-order valence-corrected chi connectivity index (χ0v) is 12.6. The van der Waals surface area contributed by atoms with Crippen LogP contribution in [0, 0.1) is 5.92 Å². The number of alkyl halides is 1. The van der Waals surface area contributed by atoms with E-state index in [-0.39, 0.29) is 28.9 Å². The van der Waals surface area contributed by atoms with Crippen molar-refractivity contribution in [2.75, 3.05) is 0 Å². The molecule has 0 bridgehead atoms. The number of carbonyl (C=O) groups is 2. The van der Waals surface area contributed by atoms with E-state index in [2.05, 4.69) is 22.5 Å². The van der Waals surface area contributed by atoms with Gasteiger partial charge in [-0.15, -0.1) is 6.58 Å². The number of ether oxygens (including phenoxy) is 1. The number of allylic oxidation sites excluding steroid dienone is 2. The molecule has 0 radical (unpaired) electrons. The number of hydrogen-bond acceptors (Lipinski definition) is 3. The van der Waals surface area contributed by atoms with Crippen molar-refractivity contribution in [3.63, 3.8) is 0 Å². The monoisotopic (exact) mass is 314 g/mol. The van der Waals surface area contributed by atoms with Crippen molar-refractivity contribution < 1.29 is 14.3 Å². The number of halogens is 1. The van der Waals surface area contributed by atoms with Crippen LogP contribution in [0.4, 0.5) is 0 Å². The van der Waals surface area contributed by atoms with Crippen LogP contribution in [0.5, 0.6) is 0 Å². The molecule has 0 heterocycles. The fraction of sp³-hybridized carbons (Fsp3) is 0.571. The van der Waals surface area contributed by atoms with Gasteiger partial charge in [0.25, 0.3) is 0 Å². The van der Waals surface area contributed by atoms with Crippen LogP contribution in [0.15, 0.2) is 23.8 Å². The number of Topliss-reactive ketones (excluding diaryl/α,β-unsaturated/α-hetero) is 1. The molecule has 0 aromatic heterocycles. The van der Waals surface area contributed by atoms with Gasteiger partial charge < -0.3 is 4.74 Å². The maximum Gasteiger partial charge on any atom is 0.320 e. The molecule has 0 fully saturated rings. The molecule has 0 saturated heterocycles. The average molecular weight is 315 g/mol. The molecule has 0 amide bonds. The molecule has 0 spiro atoms. The summed E-state index contributed by atoms with van der Waals surface area (Å²) in [5, 5.41) is 0. The van der Waals surface area contributed by atoms with E-state index in [0.717, 1.165) is 11.1 Å². The lowest BCUT2D eigenvalue weighted by Crippen LogP contribution is -2.27. The Morgan fingerprint density at radius 2 is 2.22 bits per heavy atom. The van der Waals surface area contributed by atoms with Crippen LogP contribution in [0.3, 0.4) is 0 Å². The second-order valence-electron chi connectivity index (χ2n) is 4.85. The third kappa shape index (κ3) is 3.31. The molecule has 4 heteroatoms. The summed E-state index contributed by atoms with van der Waals surface area (Å²) < 4.78 is 5.39. The van der Waals surface area contributed by atoms with Gasteiger partial charge in [-0.1, -0.05) is 35.9 Å². The van der Waals surface area contributed by atoms with Crippen molar-refractivity contribution in [3.05, 3.63) is 23.8 Å². The number of rotatable bonds is 5. The highest BCUT2D eigenvalue weighted by atomic mass is 79.9. The predicted octanol–water partition coefficient (Wildman–Crippen LogP) is 3.18. The maximum atomic E-state index is 11.8. The molecular formula is C14H19BrO3. The highest BCUT2D eigenvalue weighted by Gasteiger charge is 2.33. The summed E-state index contributed by atoms with van der Waals surface area (Å²) in [5.74, 6) is -0.0885. The summed E-state index contributed by atoms with van der Waals surface area (Å²) in [6.45, 7) is 9.35. The van der Waals surface area contributed by atoms with E-state index in [1.54, 1.807) is 6.08 Å². The van der Waals surface area contributed by atoms with Gasteiger partial charge in [0.1, 0.15) is 10.9 Å². The number of ketones is 1. The predicted molar refractivity (Wildman–Crippen MR) is 74.6 cm³/mol. The fourth-order valence-corrected chi connectivity index (χ4v) is 1.99. The summed E-state index contributed by atoms with van der Waals surface area (Å²) in [5.41, 5.74) is 1.59. The molecule has 2 atom stereocenters. The van der Waals surface area contributed by atoms with Gasteiger partial charge in [-0.05, 0) is 24.8 Å². The fourth-order valence-electron chi connectivity index (χ4n) is 1.89. The third-order valence-electron chi connectivity index (χ3n) is 3.08. The molecule has 0 aliphatic heterocycles. The lowest BCUT2D eigenvalue weighted by Gasteiger charge is -2.18. The van der Waals surface area contributed by atoms with Crippen LogP contribution in [0.25, 0.3) is 0 Å². The van der Waals surface area contributed by atoms with Crippen molar-refractivity contribution in [3.8, 4) is 0 Å². The number of carbonyl (C=O) groups excluding carboxylic acids is 2. The Morgan fingerprint density at radius 1 is 1.61 bits per heavy atom. The molecule has 0 saturated carbocycles. The summed E-state index contributed by atoms with van der Waals surface area (Å²) in [6, 6.07) is 0. The Balaban J connectivity index is 2.73. The normalized spacial score (nSPS) is 21.4. The highest BCUT2D eigenvalue weighted by Crippen LogP contribution is 2.29. The van der Waals surface area contributed by atoms with Crippen LogP contribution in [-0.2, 0) is 14.3 Å². The number of esters is 1. The van der Waals surface area contributed by atoms with E-state index in [9.17, 15) is 9.59 Å². The maximum absolute atomic E-state index is 11.8. The van der Waals surface area contributed by atoms with E-state index in [0.29, 0.717) is 6.42 Å². The second kappa shape index (κ2) is 6.32. The summed E-state index contributed by atoms with van der Waals surface area (Å²) in [7, 11) is 0. The van der Waals surface area contributed by atoms with Crippen molar-refractivity contribution in [1.82, 2.24) is 0 Å². The van der Waals surface area contributed by atoms with E-state index in [1.165, 1.54) is 0 Å². The zero-order chi connectivity index (χ0) is 13.9.